The maximum Gasteiger partial charge on any atom is 0.129 e. The Balaban J connectivity index is 2.30. The summed E-state index contributed by atoms with van der Waals surface area (Å²) in [6.07, 6.45) is 0. The fourth-order valence-electron chi connectivity index (χ4n) is 2.06. The number of nitrogens with zero attached hydrogens (tertiary/aromatic N) is 1. The lowest BCUT2D eigenvalue weighted by molar-refractivity contribution is 1.52. The number of rotatable bonds is 2. The van der Waals surface area contributed by atoms with Gasteiger partial charge in [0.1, 0.15) is 10.9 Å². The van der Waals surface area contributed by atoms with Gasteiger partial charge in [0.15, 0.2) is 0 Å². The lowest BCUT2D eigenvalue weighted by Crippen LogP contribution is -1.88. The van der Waals surface area contributed by atoms with Crippen molar-refractivity contribution in [2.24, 2.45) is 0 Å². The second-order valence-corrected chi connectivity index (χ2v) is 7.55. The number of halogens is 2. The van der Waals surface area contributed by atoms with Crippen LogP contribution in [0.15, 0.2) is 40.2 Å². The number of nitrogens with two attached hydrogens (primary N) is 1. The summed E-state index contributed by atoms with van der Waals surface area (Å²) >= 11 is 12.7. The van der Waals surface area contributed by atoms with Gasteiger partial charge in [0.25, 0.3) is 0 Å². The zero-order chi connectivity index (χ0) is 15.0. The lowest BCUT2D eigenvalue weighted by atomic mass is 10.1. The van der Waals surface area contributed by atoms with Crippen LogP contribution < -0.4 is 5.73 Å². The molecule has 3 rings (SSSR count). The van der Waals surface area contributed by atoms with Gasteiger partial charge in [-0.25, -0.2) is 0 Å². The van der Waals surface area contributed by atoms with Crippen molar-refractivity contribution in [2.45, 2.75) is 0 Å². The van der Waals surface area contributed by atoms with Crippen LogP contribution in [0.3, 0.4) is 0 Å². The summed E-state index contributed by atoms with van der Waals surface area (Å²) in [5, 5.41) is 11.9. The van der Waals surface area contributed by atoms with E-state index in [4.69, 9.17) is 17.3 Å². The average Bonchev–Trinajstić information content (AvgIpc) is 3.06. The molecule has 2 N–H and O–H groups in total. The molecule has 6 heteroatoms. The topological polar surface area (TPSA) is 49.8 Å². The molecule has 0 saturated carbocycles. The largest absolute Gasteiger partial charge is 0.396 e. The summed E-state index contributed by atoms with van der Waals surface area (Å²) in [6.45, 7) is 0. The highest BCUT2D eigenvalue weighted by Gasteiger charge is 2.21. The summed E-state index contributed by atoms with van der Waals surface area (Å²) in [5.74, 6) is 0. The van der Waals surface area contributed by atoms with Gasteiger partial charge in [-0.2, -0.15) is 5.26 Å². The van der Waals surface area contributed by atoms with Crippen LogP contribution >= 0.6 is 50.2 Å². The smallest absolute Gasteiger partial charge is 0.129 e. The van der Waals surface area contributed by atoms with Gasteiger partial charge in [-0.15, -0.1) is 22.7 Å². The van der Waals surface area contributed by atoms with Crippen LogP contribution in [0.25, 0.3) is 20.9 Å². The predicted molar refractivity (Wildman–Crippen MR) is 94.9 cm³/mol. The van der Waals surface area contributed by atoms with E-state index in [0.717, 1.165) is 25.4 Å². The number of hydrogen-bond donors (Lipinski definition) is 1. The zero-order valence-corrected chi connectivity index (χ0v) is 14.5. The minimum absolute atomic E-state index is 0.521. The maximum atomic E-state index is 9.26. The normalized spacial score (nSPS) is 10.5. The van der Waals surface area contributed by atoms with Crippen LogP contribution in [0.2, 0.25) is 5.02 Å². The fraction of sp³-hybridized carbons (Fsp3) is 0. The Morgan fingerprint density at radius 3 is 2.71 bits per heavy atom. The molecule has 3 aromatic rings. The van der Waals surface area contributed by atoms with E-state index in [-0.39, 0.29) is 0 Å². The second-order valence-electron chi connectivity index (χ2n) is 4.26. The van der Waals surface area contributed by atoms with E-state index in [1.807, 2.05) is 35.7 Å². The molecule has 0 atom stereocenters. The van der Waals surface area contributed by atoms with Crippen molar-refractivity contribution in [2.75, 3.05) is 5.73 Å². The van der Waals surface area contributed by atoms with Gasteiger partial charge in [0.05, 0.1) is 10.7 Å². The highest BCUT2D eigenvalue weighted by atomic mass is 79.9. The van der Waals surface area contributed by atoms with Crippen molar-refractivity contribution in [3.8, 4) is 27.0 Å². The standard InChI is InChI=1S/C15H8BrClN2S2/c16-8-3-4-9(10(17)6-8)15-13(11-2-1-5-20-11)14(19)12(7-18)21-15/h1-6H,19H2. The molecule has 0 aliphatic heterocycles. The van der Waals surface area contributed by atoms with Crippen LogP contribution in [-0.2, 0) is 0 Å². The molecule has 0 aliphatic rings. The monoisotopic (exact) mass is 394 g/mol. The molecule has 104 valence electrons. The minimum Gasteiger partial charge on any atom is -0.396 e. The molecular weight excluding hydrogens is 388 g/mol. The molecule has 0 saturated heterocycles. The Kier molecular flexibility index (Phi) is 4.05. The van der Waals surface area contributed by atoms with Crippen molar-refractivity contribution in [1.82, 2.24) is 0 Å². The zero-order valence-electron chi connectivity index (χ0n) is 10.6. The molecule has 0 bridgehead atoms. The first-order valence-corrected chi connectivity index (χ1v) is 8.80. The molecule has 21 heavy (non-hydrogen) atoms. The number of thiophene rings is 2. The van der Waals surface area contributed by atoms with Gasteiger partial charge >= 0.3 is 0 Å². The van der Waals surface area contributed by atoms with Crippen molar-refractivity contribution < 1.29 is 0 Å². The highest BCUT2D eigenvalue weighted by Crippen LogP contribution is 2.48. The van der Waals surface area contributed by atoms with Gasteiger partial charge in [-0.1, -0.05) is 39.7 Å². The highest BCUT2D eigenvalue weighted by molar-refractivity contribution is 9.10. The molecule has 0 fully saturated rings. The van der Waals surface area contributed by atoms with Crippen molar-refractivity contribution in [1.29, 1.82) is 5.26 Å². The Bertz CT molecular complexity index is 847. The summed E-state index contributed by atoms with van der Waals surface area (Å²) < 4.78 is 0.916. The van der Waals surface area contributed by atoms with Crippen LogP contribution in [0, 0.1) is 11.3 Å². The van der Waals surface area contributed by atoms with E-state index < -0.39 is 0 Å². The van der Waals surface area contributed by atoms with E-state index in [0.29, 0.717) is 15.6 Å². The van der Waals surface area contributed by atoms with E-state index in [1.165, 1.54) is 11.3 Å². The van der Waals surface area contributed by atoms with Gasteiger partial charge < -0.3 is 5.73 Å². The first kappa shape index (κ1) is 14.6. The fourth-order valence-corrected chi connectivity index (χ4v) is 4.81. The van der Waals surface area contributed by atoms with E-state index in [2.05, 4.69) is 22.0 Å². The number of nitrogen functional groups attached to an aromatic ring is 1. The van der Waals surface area contributed by atoms with Crippen molar-refractivity contribution >= 4 is 55.9 Å². The Labute approximate surface area is 143 Å². The number of anilines is 1. The molecule has 0 radical (unpaired) electrons. The molecule has 2 heterocycles. The number of nitriles is 1. The molecule has 1 aromatic carbocycles. The van der Waals surface area contributed by atoms with Gasteiger partial charge in [-0.3, -0.25) is 0 Å². The summed E-state index contributed by atoms with van der Waals surface area (Å²) in [7, 11) is 0. The third-order valence-corrected chi connectivity index (χ3v) is 5.83. The van der Waals surface area contributed by atoms with E-state index in [9.17, 15) is 5.26 Å². The summed E-state index contributed by atoms with van der Waals surface area (Å²) in [5.41, 5.74) is 8.48. The van der Waals surface area contributed by atoms with Crippen LogP contribution in [0.5, 0.6) is 0 Å². The molecule has 0 amide bonds. The van der Waals surface area contributed by atoms with Crippen LogP contribution in [-0.4, -0.2) is 0 Å². The number of benzene rings is 1. The van der Waals surface area contributed by atoms with Crippen LogP contribution in [0.1, 0.15) is 4.88 Å². The molecule has 0 aliphatic carbocycles. The Morgan fingerprint density at radius 2 is 2.10 bits per heavy atom. The SMILES string of the molecule is N#Cc1sc(-c2ccc(Br)cc2Cl)c(-c2cccs2)c1N. The van der Waals surface area contributed by atoms with Crippen LogP contribution in [0.4, 0.5) is 5.69 Å². The lowest BCUT2D eigenvalue weighted by Gasteiger charge is -2.06. The van der Waals surface area contributed by atoms with E-state index >= 15 is 0 Å². The minimum atomic E-state index is 0.521. The molecule has 0 spiro atoms. The van der Waals surface area contributed by atoms with Crippen molar-refractivity contribution in [3.05, 3.63) is 50.1 Å². The van der Waals surface area contributed by atoms with Gasteiger partial charge in [0, 0.05) is 25.4 Å². The molecule has 0 unspecified atom stereocenters. The van der Waals surface area contributed by atoms with Gasteiger partial charge in [-0.05, 0) is 23.6 Å². The predicted octanol–water partition coefficient (Wildman–Crippen LogP) is 6.01. The third kappa shape index (κ3) is 2.60. The molecule has 2 nitrogen and oxygen atoms in total. The quantitative estimate of drug-likeness (QED) is 0.577. The Hall–Kier alpha value is -1.32. The third-order valence-electron chi connectivity index (χ3n) is 2.99. The summed E-state index contributed by atoms with van der Waals surface area (Å²) in [4.78, 5) is 2.50. The van der Waals surface area contributed by atoms with E-state index in [1.54, 1.807) is 11.3 Å². The first-order valence-electron chi connectivity index (χ1n) is 5.93. The molecular formula is C15H8BrClN2S2. The van der Waals surface area contributed by atoms with Gasteiger partial charge in [0.2, 0.25) is 0 Å². The second kappa shape index (κ2) is 5.82. The maximum absolute atomic E-state index is 9.26. The van der Waals surface area contributed by atoms with Crippen molar-refractivity contribution in [3.63, 3.8) is 0 Å². The average molecular weight is 396 g/mol. The Morgan fingerprint density at radius 1 is 1.29 bits per heavy atom. The first-order chi connectivity index (χ1) is 10.1. The number of hydrogen-bond acceptors (Lipinski definition) is 4. The molecule has 2 aromatic heterocycles. The summed E-state index contributed by atoms with van der Waals surface area (Å²) in [6, 6.07) is 11.8.